The molecule has 3 N–H and O–H groups in total. The number of Topliss-reactive ketones (excluding diaryl/α,β-unsaturated/α-hetero) is 1. The maximum Gasteiger partial charge on any atom is 0.289 e. The fourth-order valence-electron chi connectivity index (χ4n) is 5.37. The molecule has 0 unspecified atom stereocenters. The van der Waals surface area contributed by atoms with Crippen molar-refractivity contribution in [1.29, 1.82) is 0 Å². The van der Waals surface area contributed by atoms with Crippen molar-refractivity contribution in [3.63, 3.8) is 0 Å². The highest BCUT2D eigenvalue weighted by Crippen LogP contribution is 2.30. The Morgan fingerprint density at radius 1 is 0.889 bits per heavy atom. The van der Waals surface area contributed by atoms with E-state index in [4.69, 9.17) is 0 Å². The van der Waals surface area contributed by atoms with Gasteiger partial charge in [-0.1, -0.05) is 46.0 Å². The lowest BCUT2D eigenvalue weighted by Crippen LogP contribution is -2.65. The Labute approximate surface area is 214 Å². The number of amides is 3. The number of carbonyl (C=O) groups is 4. The maximum absolute atomic E-state index is 13.6. The topological polar surface area (TPSA) is 145 Å². The van der Waals surface area contributed by atoms with Gasteiger partial charge in [-0.15, -0.1) is 0 Å². The Hall–Kier alpha value is -2.05. The van der Waals surface area contributed by atoms with Crippen LogP contribution >= 0.6 is 0 Å². The predicted octanol–water partition coefficient (Wildman–Crippen LogP) is 0.457. The molecule has 3 rings (SSSR count). The summed E-state index contributed by atoms with van der Waals surface area (Å²) in [6, 6.07) is -1.08. The maximum atomic E-state index is 13.6. The van der Waals surface area contributed by atoms with Crippen LogP contribution in [-0.4, -0.2) is 84.9 Å². The van der Waals surface area contributed by atoms with Crippen LogP contribution in [0.5, 0.6) is 0 Å². The SMILES string of the molecule is CC(=O)N1CCN(S(=O)(=O)NC2(C(=O)N[C@H](C(=O)C(=O)NC3CCCC3)C(C)C)CCCCC2)CC1. The summed E-state index contributed by atoms with van der Waals surface area (Å²) in [6.07, 6.45) is 6.51. The van der Waals surface area contributed by atoms with Crippen molar-refractivity contribution in [2.24, 2.45) is 5.92 Å². The normalized spacial score (nSPS) is 22.3. The molecule has 0 aromatic carbocycles. The summed E-state index contributed by atoms with van der Waals surface area (Å²) in [5.41, 5.74) is -1.40. The van der Waals surface area contributed by atoms with E-state index in [2.05, 4.69) is 15.4 Å². The molecule has 2 saturated carbocycles. The van der Waals surface area contributed by atoms with E-state index in [1.54, 1.807) is 18.7 Å². The van der Waals surface area contributed by atoms with Crippen molar-refractivity contribution in [3.8, 4) is 0 Å². The third kappa shape index (κ3) is 6.83. The molecule has 36 heavy (non-hydrogen) atoms. The van der Waals surface area contributed by atoms with Crippen LogP contribution in [0.25, 0.3) is 0 Å². The summed E-state index contributed by atoms with van der Waals surface area (Å²) >= 11 is 0. The minimum atomic E-state index is -4.02. The number of piperazine rings is 1. The van der Waals surface area contributed by atoms with E-state index in [1.807, 2.05) is 0 Å². The van der Waals surface area contributed by atoms with Gasteiger partial charge in [-0.05, 0) is 31.6 Å². The van der Waals surface area contributed by atoms with Crippen molar-refractivity contribution < 1.29 is 27.6 Å². The monoisotopic (exact) mass is 527 g/mol. The number of carbonyl (C=O) groups excluding carboxylic acids is 4. The van der Waals surface area contributed by atoms with Gasteiger partial charge in [0, 0.05) is 39.1 Å². The second-order valence-electron chi connectivity index (χ2n) is 10.7. The molecule has 1 aliphatic heterocycles. The van der Waals surface area contributed by atoms with Crippen LogP contribution in [0, 0.1) is 5.92 Å². The highest BCUT2D eigenvalue weighted by Gasteiger charge is 2.46. The zero-order valence-electron chi connectivity index (χ0n) is 21.7. The minimum absolute atomic E-state index is 0.0232. The first-order chi connectivity index (χ1) is 16.9. The lowest BCUT2D eigenvalue weighted by molar-refractivity contribution is -0.142. The number of hydrogen-bond donors (Lipinski definition) is 3. The molecule has 0 spiro atoms. The van der Waals surface area contributed by atoms with Crippen LogP contribution < -0.4 is 15.4 Å². The molecule has 0 bridgehead atoms. The minimum Gasteiger partial charge on any atom is -0.347 e. The lowest BCUT2D eigenvalue weighted by Gasteiger charge is -2.40. The summed E-state index contributed by atoms with van der Waals surface area (Å²) in [5.74, 6) is -2.45. The molecule has 11 nitrogen and oxygen atoms in total. The summed E-state index contributed by atoms with van der Waals surface area (Å²) in [6.45, 7) is 5.80. The molecule has 0 aromatic heterocycles. The average Bonchev–Trinajstić information content (AvgIpc) is 3.35. The summed E-state index contributed by atoms with van der Waals surface area (Å²) in [5, 5.41) is 5.52. The van der Waals surface area contributed by atoms with Gasteiger partial charge in [0.1, 0.15) is 5.54 Å². The molecule has 0 radical (unpaired) electrons. The molecule has 1 heterocycles. The van der Waals surface area contributed by atoms with E-state index in [0.29, 0.717) is 25.7 Å². The number of ketones is 1. The molecule has 3 aliphatic rings. The number of nitrogens with one attached hydrogen (secondary N) is 3. The van der Waals surface area contributed by atoms with Gasteiger partial charge in [0.2, 0.25) is 17.6 Å². The second kappa shape index (κ2) is 12.0. The van der Waals surface area contributed by atoms with Crippen LogP contribution in [-0.2, 0) is 29.4 Å². The van der Waals surface area contributed by atoms with Crippen LogP contribution in [0.1, 0.15) is 78.6 Å². The Balaban J connectivity index is 1.72. The molecular weight excluding hydrogens is 486 g/mol. The van der Waals surface area contributed by atoms with Crippen molar-refractivity contribution in [3.05, 3.63) is 0 Å². The molecule has 0 aromatic rings. The third-order valence-corrected chi connectivity index (χ3v) is 9.33. The molecular formula is C24H41N5O6S. The molecule has 204 valence electrons. The average molecular weight is 528 g/mol. The van der Waals surface area contributed by atoms with Crippen LogP contribution in [0.3, 0.4) is 0 Å². The molecule has 12 heteroatoms. The first kappa shape index (κ1) is 28.5. The zero-order chi connectivity index (χ0) is 26.5. The van der Waals surface area contributed by atoms with E-state index in [1.165, 1.54) is 11.2 Å². The van der Waals surface area contributed by atoms with Crippen molar-refractivity contribution in [1.82, 2.24) is 24.6 Å². The fourth-order valence-corrected chi connectivity index (χ4v) is 6.93. The molecule has 3 fully saturated rings. The van der Waals surface area contributed by atoms with Gasteiger partial charge in [0.15, 0.2) is 0 Å². The summed E-state index contributed by atoms with van der Waals surface area (Å²) in [7, 11) is -4.02. The Kier molecular flexibility index (Phi) is 9.50. The van der Waals surface area contributed by atoms with Crippen LogP contribution in [0.15, 0.2) is 0 Å². The Morgan fingerprint density at radius 2 is 1.47 bits per heavy atom. The molecule has 2 aliphatic carbocycles. The highest BCUT2D eigenvalue weighted by atomic mass is 32.2. The van der Waals surface area contributed by atoms with Crippen molar-refractivity contribution in [2.75, 3.05) is 26.2 Å². The Morgan fingerprint density at radius 3 is 2.00 bits per heavy atom. The van der Waals surface area contributed by atoms with Gasteiger partial charge in [0.25, 0.3) is 16.1 Å². The molecule has 1 atom stereocenters. The summed E-state index contributed by atoms with van der Waals surface area (Å²) in [4.78, 5) is 52.4. The van der Waals surface area contributed by atoms with Gasteiger partial charge in [-0.25, -0.2) is 0 Å². The van der Waals surface area contributed by atoms with E-state index < -0.39 is 39.4 Å². The van der Waals surface area contributed by atoms with Crippen LogP contribution in [0.4, 0.5) is 0 Å². The summed E-state index contributed by atoms with van der Waals surface area (Å²) < 4.78 is 30.5. The largest absolute Gasteiger partial charge is 0.347 e. The van der Waals surface area contributed by atoms with Gasteiger partial charge < -0.3 is 15.5 Å². The van der Waals surface area contributed by atoms with Crippen molar-refractivity contribution in [2.45, 2.75) is 96.2 Å². The van der Waals surface area contributed by atoms with E-state index >= 15 is 0 Å². The lowest BCUT2D eigenvalue weighted by atomic mass is 9.81. The standard InChI is InChI=1S/C24H41N5O6S/c1-17(2)20(21(31)22(32)25-19-9-5-6-10-19)26-23(33)24(11-7-4-8-12-24)27-36(34,35)29-15-13-28(14-16-29)18(3)30/h17,19-20,27H,4-16H2,1-3H3,(H,25,32)(H,26,33)/t20-/m0/s1. The number of rotatable bonds is 9. The van der Waals surface area contributed by atoms with Gasteiger partial charge in [0.05, 0.1) is 6.04 Å². The number of nitrogens with zero attached hydrogens (tertiary/aromatic N) is 2. The smallest absolute Gasteiger partial charge is 0.289 e. The molecule has 3 amide bonds. The Bertz CT molecular complexity index is 933. The highest BCUT2D eigenvalue weighted by molar-refractivity contribution is 7.87. The van der Waals surface area contributed by atoms with Gasteiger partial charge in [-0.2, -0.15) is 17.4 Å². The van der Waals surface area contributed by atoms with Crippen LogP contribution in [0.2, 0.25) is 0 Å². The second-order valence-corrected chi connectivity index (χ2v) is 12.3. The first-order valence-electron chi connectivity index (χ1n) is 13.2. The quantitative estimate of drug-likeness (QED) is 0.372. The van der Waals surface area contributed by atoms with Gasteiger partial charge in [-0.3, -0.25) is 19.2 Å². The predicted molar refractivity (Wildman–Crippen MR) is 134 cm³/mol. The number of hydrogen-bond acceptors (Lipinski definition) is 6. The van der Waals surface area contributed by atoms with E-state index in [9.17, 15) is 27.6 Å². The van der Waals surface area contributed by atoms with E-state index in [0.717, 1.165) is 32.1 Å². The zero-order valence-corrected chi connectivity index (χ0v) is 22.5. The third-order valence-electron chi connectivity index (χ3n) is 7.64. The van der Waals surface area contributed by atoms with Gasteiger partial charge >= 0.3 is 0 Å². The molecule has 1 saturated heterocycles. The van der Waals surface area contributed by atoms with E-state index in [-0.39, 0.29) is 44.0 Å². The van der Waals surface area contributed by atoms with Crippen molar-refractivity contribution >= 4 is 33.7 Å². The fraction of sp³-hybridized carbons (Fsp3) is 0.833. The first-order valence-corrected chi connectivity index (χ1v) is 14.6.